The molecule has 0 atom stereocenters. The van der Waals surface area contributed by atoms with Crippen molar-refractivity contribution in [2.24, 2.45) is 0 Å². The molecule has 0 aliphatic carbocycles. The van der Waals surface area contributed by atoms with Gasteiger partial charge in [0, 0.05) is 66.1 Å². The molecule has 2 aromatic heterocycles. The topological polar surface area (TPSA) is 41.6 Å². The van der Waals surface area contributed by atoms with Crippen LogP contribution in [0.25, 0.3) is 111 Å². The van der Waals surface area contributed by atoms with E-state index in [4.69, 9.17) is 20.4 Å². The maximum absolute atomic E-state index is 6.50. The fraction of sp³-hybridized carbons (Fsp3) is 0.0118. The summed E-state index contributed by atoms with van der Waals surface area (Å²) >= 11 is 6.29. The lowest BCUT2D eigenvalue weighted by atomic mass is 9.99. The lowest BCUT2D eigenvalue weighted by Gasteiger charge is -2.27. The normalized spacial score (nSPS) is 10.9. The third-order valence-corrected chi connectivity index (χ3v) is 16.3. The van der Waals surface area contributed by atoms with Gasteiger partial charge in [0.15, 0.2) is 0 Å². The van der Waals surface area contributed by atoms with Gasteiger partial charge in [0.1, 0.15) is 22.3 Å². The van der Waals surface area contributed by atoms with Crippen molar-refractivity contribution in [3.63, 3.8) is 0 Å². The Kier molecular flexibility index (Phi) is 17.1. The predicted octanol–water partition coefficient (Wildman–Crippen LogP) is 25.4. The summed E-state index contributed by atoms with van der Waals surface area (Å²) in [4.78, 5) is 2.34. The van der Waals surface area contributed by atoms with Gasteiger partial charge in [0.25, 0.3) is 0 Å². The molecule has 0 bridgehead atoms. The van der Waals surface area contributed by atoms with E-state index in [9.17, 15) is 0 Å². The van der Waals surface area contributed by atoms with Crippen LogP contribution in [0.5, 0.6) is 0 Å². The molecule has 2 heterocycles. The number of anilines is 5. The molecule has 432 valence electrons. The zero-order valence-electron chi connectivity index (χ0n) is 48.6. The van der Waals surface area contributed by atoms with Crippen LogP contribution in [0.4, 0.5) is 28.4 Å². The van der Waals surface area contributed by atoms with E-state index >= 15 is 0 Å². The number of fused-ring (bicyclic) bond motifs is 6. The third kappa shape index (κ3) is 12.6. The second-order valence-electron chi connectivity index (χ2n) is 21.8. The van der Waals surface area contributed by atoms with Crippen molar-refractivity contribution in [1.29, 1.82) is 0 Å². The molecule has 0 aliphatic heterocycles. The molecule has 1 N–H and O–H groups in total. The third-order valence-electron chi connectivity index (χ3n) is 16.1. The minimum atomic E-state index is 0. The summed E-state index contributed by atoms with van der Waals surface area (Å²) in [5.41, 5.74) is 23.1. The molecule has 0 unspecified atom stereocenters. The second kappa shape index (κ2) is 26.7. The van der Waals surface area contributed by atoms with Gasteiger partial charge in [-0.1, -0.05) is 286 Å². The van der Waals surface area contributed by atoms with Crippen molar-refractivity contribution in [3.05, 3.63) is 357 Å². The molecular weight excluding hydrogens is 1120 g/mol. The number of furan rings is 2. The van der Waals surface area contributed by atoms with E-state index in [1.807, 2.05) is 72.8 Å². The molecule has 16 aromatic rings. The summed E-state index contributed by atoms with van der Waals surface area (Å²) in [7, 11) is 0. The molecule has 16 rings (SSSR count). The summed E-state index contributed by atoms with van der Waals surface area (Å²) in [5, 5.41) is 8.56. The van der Waals surface area contributed by atoms with Gasteiger partial charge in [-0.15, -0.1) is 0 Å². The number of hydrogen-bond donors (Lipinski definition) is 1. The maximum atomic E-state index is 6.50. The van der Waals surface area contributed by atoms with Gasteiger partial charge in [0.2, 0.25) is 0 Å². The Balaban J connectivity index is 0.000000136. The number of nitrogens with one attached hydrogen (secondary N) is 1. The Morgan fingerprint density at radius 1 is 0.244 bits per heavy atom. The lowest BCUT2D eigenvalue weighted by molar-refractivity contribution is 0.669. The van der Waals surface area contributed by atoms with Gasteiger partial charge >= 0.3 is 0 Å². The van der Waals surface area contributed by atoms with Crippen molar-refractivity contribution < 1.29 is 8.83 Å². The van der Waals surface area contributed by atoms with Crippen molar-refractivity contribution >= 4 is 83.9 Å². The molecule has 0 spiro atoms. The molecule has 4 nitrogen and oxygen atoms in total. The number of rotatable bonds is 11. The van der Waals surface area contributed by atoms with Gasteiger partial charge in [-0.3, -0.25) is 0 Å². The molecule has 0 saturated carbocycles. The van der Waals surface area contributed by atoms with Crippen LogP contribution in [0.3, 0.4) is 0 Å². The summed E-state index contributed by atoms with van der Waals surface area (Å²) in [6, 6.07) is 122. The molecule has 90 heavy (non-hydrogen) atoms. The van der Waals surface area contributed by atoms with E-state index in [1.54, 1.807) is 0 Å². The van der Waals surface area contributed by atoms with Crippen molar-refractivity contribution in [2.75, 3.05) is 10.2 Å². The maximum Gasteiger partial charge on any atom is 0.143 e. The Morgan fingerprint density at radius 2 is 0.533 bits per heavy atom. The van der Waals surface area contributed by atoms with E-state index in [-0.39, 0.29) is 7.43 Å². The summed E-state index contributed by atoms with van der Waals surface area (Å²) in [6.07, 6.45) is 0. The predicted molar refractivity (Wildman–Crippen MR) is 383 cm³/mol. The fourth-order valence-corrected chi connectivity index (χ4v) is 11.8. The number of para-hydroxylation sites is 2. The minimum Gasteiger partial charge on any atom is -0.455 e. The lowest BCUT2D eigenvalue weighted by Crippen LogP contribution is -2.10. The van der Waals surface area contributed by atoms with E-state index in [0.29, 0.717) is 0 Å². The monoisotopic (exact) mass is 1180 g/mol. The van der Waals surface area contributed by atoms with Crippen molar-refractivity contribution in [3.8, 4) is 66.8 Å². The standard InChI is InChI=1S/C42H29NO.C24H19N.C18H11ClO.CH4/c1-4-12-30(13-5-1)32-20-24-35(25-21-32)43(36-26-22-33(23-27-36)31-14-6-2-7-15-31)37-28-39(34-16-8-3-9-17-34)42-40(29-37)38-18-10-11-19-41(38)44-42;1-3-7-19(8-4-1)21-11-15-23(16-12-21)25-24-17-13-22(14-18-24)20-9-5-2-6-10-20;19-13-10-15(12-6-2-1-3-7-12)18-16(11-13)14-8-4-5-9-17(14)20-18;/h1-29H;1-18,25H;1-11H;1H4. The van der Waals surface area contributed by atoms with Crippen LogP contribution < -0.4 is 10.2 Å². The quantitative estimate of drug-likeness (QED) is 0.140. The SMILES string of the molecule is C.Clc1cc(-c2ccccc2)c2oc3ccccc3c2c1.c1ccc(-c2ccc(N(c3ccc(-c4ccccc4)cc3)c3cc(-c4ccccc4)c4oc5ccccc5c4c3)cc2)cc1.c1ccc(-c2ccc(Nc3ccc(-c4ccccc4)cc3)cc2)cc1. The Labute approximate surface area is 530 Å². The second-order valence-corrected chi connectivity index (χ2v) is 22.2. The van der Waals surface area contributed by atoms with Crippen molar-refractivity contribution in [2.45, 2.75) is 7.43 Å². The molecule has 0 fully saturated rings. The molecule has 5 heteroatoms. The van der Waals surface area contributed by atoms with Crippen LogP contribution in [0, 0.1) is 0 Å². The molecular formula is C85H63ClN2O2. The number of benzene rings is 14. The first-order chi connectivity index (χ1) is 44.0. The minimum absolute atomic E-state index is 0. The largest absolute Gasteiger partial charge is 0.455 e. The van der Waals surface area contributed by atoms with Crippen LogP contribution in [-0.4, -0.2) is 0 Å². The van der Waals surface area contributed by atoms with Crippen LogP contribution >= 0.6 is 11.6 Å². The van der Waals surface area contributed by atoms with E-state index in [0.717, 1.165) is 99.6 Å². The first-order valence-electron chi connectivity index (χ1n) is 29.9. The Morgan fingerprint density at radius 3 is 0.900 bits per heavy atom. The average molecular weight is 1180 g/mol. The van der Waals surface area contributed by atoms with Gasteiger partial charge < -0.3 is 19.1 Å². The molecule has 0 radical (unpaired) electrons. The first-order valence-corrected chi connectivity index (χ1v) is 30.3. The van der Waals surface area contributed by atoms with E-state index in [1.165, 1.54) is 44.5 Å². The molecule has 0 aliphatic rings. The van der Waals surface area contributed by atoms with Gasteiger partial charge in [-0.05, 0) is 141 Å². The number of nitrogens with zero attached hydrogens (tertiary/aromatic N) is 1. The zero-order chi connectivity index (χ0) is 59.7. The summed E-state index contributed by atoms with van der Waals surface area (Å²) in [5.74, 6) is 0. The van der Waals surface area contributed by atoms with Crippen LogP contribution in [0.2, 0.25) is 5.02 Å². The average Bonchev–Trinajstić information content (AvgIpc) is 1.76. The van der Waals surface area contributed by atoms with E-state index in [2.05, 4.69) is 289 Å². The Bertz CT molecular complexity index is 4820. The smallest absolute Gasteiger partial charge is 0.143 e. The fourth-order valence-electron chi connectivity index (χ4n) is 11.6. The van der Waals surface area contributed by atoms with Gasteiger partial charge in [-0.25, -0.2) is 0 Å². The highest BCUT2D eigenvalue weighted by molar-refractivity contribution is 6.32. The van der Waals surface area contributed by atoms with Crippen LogP contribution in [-0.2, 0) is 0 Å². The van der Waals surface area contributed by atoms with Gasteiger partial charge in [-0.2, -0.15) is 0 Å². The number of hydrogen-bond acceptors (Lipinski definition) is 4. The molecule has 14 aromatic carbocycles. The Hall–Kier alpha value is -11.4. The van der Waals surface area contributed by atoms with E-state index < -0.39 is 0 Å². The molecule has 0 amide bonds. The molecule has 0 saturated heterocycles. The summed E-state index contributed by atoms with van der Waals surface area (Å²) in [6.45, 7) is 0. The van der Waals surface area contributed by atoms with Gasteiger partial charge in [0.05, 0.1) is 0 Å². The van der Waals surface area contributed by atoms with Crippen LogP contribution in [0.15, 0.2) is 361 Å². The highest BCUT2D eigenvalue weighted by atomic mass is 35.5. The number of halogens is 1. The van der Waals surface area contributed by atoms with Crippen molar-refractivity contribution in [1.82, 2.24) is 0 Å². The van der Waals surface area contributed by atoms with Crippen LogP contribution in [0.1, 0.15) is 7.43 Å². The first kappa shape index (κ1) is 57.6. The zero-order valence-corrected chi connectivity index (χ0v) is 49.4. The highest BCUT2D eigenvalue weighted by Crippen LogP contribution is 2.45. The summed E-state index contributed by atoms with van der Waals surface area (Å²) < 4.78 is 12.5. The highest BCUT2D eigenvalue weighted by Gasteiger charge is 2.20.